The summed E-state index contributed by atoms with van der Waals surface area (Å²) in [4.78, 5) is 22.3. The number of halogens is 1. The number of hydrogen-bond acceptors (Lipinski definition) is 2. The van der Waals surface area contributed by atoms with Gasteiger partial charge in [0.15, 0.2) is 5.78 Å². The van der Waals surface area contributed by atoms with Crippen molar-refractivity contribution in [1.82, 2.24) is 0 Å². The second-order valence-electron chi connectivity index (χ2n) is 3.25. The number of hydrogen-bond donors (Lipinski definition) is 1. The van der Waals surface area contributed by atoms with E-state index in [1.54, 1.807) is 18.2 Å². The molecule has 0 amide bonds. The monoisotopic (exact) mass is 254 g/mol. The van der Waals surface area contributed by atoms with Crippen LogP contribution < -0.4 is 0 Å². The molecule has 0 unspecified atom stereocenters. The third kappa shape index (κ3) is 1.35. The van der Waals surface area contributed by atoms with Gasteiger partial charge in [0.05, 0.1) is 5.92 Å². The molecule has 1 aliphatic rings. The normalized spacial score (nSPS) is 19.5. The predicted molar refractivity (Wildman–Crippen MR) is 53.5 cm³/mol. The number of fused-ring (bicyclic) bond motifs is 1. The van der Waals surface area contributed by atoms with Crippen molar-refractivity contribution in [3.63, 3.8) is 0 Å². The van der Waals surface area contributed by atoms with Gasteiger partial charge < -0.3 is 5.11 Å². The zero-order valence-corrected chi connectivity index (χ0v) is 8.74. The van der Waals surface area contributed by atoms with Gasteiger partial charge in [-0.2, -0.15) is 0 Å². The van der Waals surface area contributed by atoms with Crippen molar-refractivity contribution in [1.29, 1.82) is 0 Å². The van der Waals surface area contributed by atoms with Crippen LogP contribution in [-0.2, 0) is 4.79 Å². The van der Waals surface area contributed by atoms with Crippen LogP contribution in [0, 0.1) is 0 Å². The Morgan fingerprint density at radius 3 is 2.86 bits per heavy atom. The molecule has 1 N–H and O–H groups in total. The van der Waals surface area contributed by atoms with E-state index in [2.05, 4.69) is 15.9 Å². The van der Waals surface area contributed by atoms with Crippen LogP contribution >= 0.6 is 15.9 Å². The zero-order chi connectivity index (χ0) is 10.3. The Balaban J connectivity index is 2.56. The van der Waals surface area contributed by atoms with Gasteiger partial charge in [-0.3, -0.25) is 9.59 Å². The van der Waals surface area contributed by atoms with Crippen LogP contribution in [0.25, 0.3) is 0 Å². The summed E-state index contributed by atoms with van der Waals surface area (Å²) in [7, 11) is 0. The van der Waals surface area contributed by atoms with Crippen molar-refractivity contribution in [2.24, 2.45) is 0 Å². The number of Topliss-reactive ketones (excluding diaryl/α,β-unsaturated/α-hetero) is 1. The summed E-state index contributed by atoms with van der Waals surface area (Å²) in [6.07, 6.45) is 0.0844. The van der Waals surface area contributed by atoms with E-state index in [0.717, 1.165) is 4.47 Å². The molecule has 1 aromatic rings. The number of aliphatic carboxylic acids is 1. The van der Waals surface area contributed by atoms with Gasteiger partial charge in [0.25, 0.3) is 0 Å². The minimum absolute atomic E-state index is 0.0834. The van der Waals surface area contributed by atoms with E-state index >= 15 is 0 Å². The summed E-state index contributed by atoms with van der Waals surface area (Å²) in [6.45, 7) is 0. The van der Waals surface area contributed by atoms with Gasteiger partial charge in [-0.25, -0.2) is 0 Å². The first-order valence-electron chi connectivity index (χ1n) is 4.15. The zero-order valence-electron chi connectivity index (χ0n) is 7.16. The average Bonchev–Trinajstić information content (AvgIpc) is 2.43. The summed E-state index contributed by atoms with van der Waals surface area (Å²) in [5.74, 6) is -1.69. The maximum atomic E-state index is 11.4. The van der Waals surface area contributed by atoms with Gasteiger partial charge in [0.2, 0.25) is 0 Å². The van der Waals surface area contributed by atoms with Gasteiger partial charge in [0, 0.05) is 16.5 Å². The number of carbonyl (C=O) groups is 2. The molecule has 14 heavy (non-hydrogen) atoms. The number of carboxylic acids is 1. The standard InChI is InChI=1S/C10H7BrO3/c11-5-1-2-6-7(3-5)8(10(13)14)4-9(6)12/h1-3,8H,4H2,(H,13,14)/t8-/m1/s1. The van der Waals surface area contributed by atoms with Gasteiger partial charge >= 0.3 is 5.97 Å². The molecule has 1 aliphatic carbocycles. The van der Waals surface area contributed by atoms with E-state index in [1.165, 1.54) is 0 Å². The summed E-state index contributed by atoms with van der Waals surface area (Å²) >= 11 is 3.26. The van der Waals surface area contributed by atoms with Crippen molar-refractivity contribution in [3.8, 4) is 0 Å². The molecule has 0 heterocycles. The van der Waals surface area contributed by atoms with Crippen molar-refractivity contribution < 1.29 is 14.7 Å². The van der Waals surface area contributed by atoms with Crippen LogP contribution in [0.1, 0.15) is 28.3 Å². The second-order valence-corrected chi connectivity index (χ2v) is 4.17. The summed E-state index contributed by atoms with van der Waals surface area (Å²) < 4.78 is 0.803. The third-order valence-electron chi connectivity index (χ3n) is 2.38. The molecule has 72 valence electrons. The molecule has 0 aromatic heterocycles. The van der Waals surface area contributed by atoms with E-state index in [9.17, 15) is 9.59 Å². The van der Waals surface area contributed by atoms with Crippen LogP contribution in [0.3, 0.4) is 0 Å². The molecular formula is C10H7BrO3. The Kier molecular flexibility index (Phi) is 2.15. The average molecular weight is 255 g/mol. The molecule has 4 heteroatoms. The number of ketones is 1. The first-order chi connectivity index (χ1) is 6.59. The highest BCUT2D eigenvalue weighted by molar-refractivity contribution is 9.10. The van der Waals surface area contributed by atoms with Crippen LogP contribution in [0.2, 0.25) is 0 Å². The van der Waals surface area contributed by atoms with Gasteiger partial charge in [0.1, 0.15) is 0 Å². The molecular weight excluding hydrogens is 248 g/mol. The summed E-state index contributed by atoms with van der Waals surface area (Å²) in [5, 5.41) is 8.90. The molecule has 1 atom stereocenters. The number of benzene rings is 1. The van der Waals surface area contributed by atoms with Crippen molar-refractivity contribution in [3.05, 3.63) is 33.8 Å². The quantitative estimate of drug-likeness (QED) is 0.836. The Morgan fingerprint density at radius 2 is 2.21 bits per heavy atom. The summed E-state index contributed by atoms with van der Waals surface area (Å²) in [6, 6.07) is 5.13. The largest absolute Gasteiger partial charge is 0.481 e. The molecule has 0 bridgehead atoms. The van der Waals surface area contributed by atoms with Gasteiger partial charge in [-0.1, -0.05) is 15.9 Å². The molecule has 0 spiro atoms. The van der Waals surface area contributed by atoms with E-state index in [-0.39, 0.29) is 12.2 Å². The fourth-order valence-electron chi connectivity index (χ4n) is 1.70. The predicted octanol–water partition coefficient (Wildman–Crippen LogP) is 2.20. The van der Waals surface area contributed by atoms with E-state index < -0.39 is 11.9 Å². The van der Waals surface area contributed by atoms with E-state index in [4.69, 9.17) is 5.11 Å². The van der Waals surface area contributed by atoms with Crippen molar-refractivity contribution in [2.75, 3.05) is 0 Å². The molecule has 0 saturated carbocycles. The number of carboxylic acid groups (broad SMARTS) is 1. The number of rotatable bonds is 1. The molecule has 0 fully saturated rings. The maximum absolute atomic E-state index is 11.4. The van der Waals surface area contributed by atoms with Crippen LogP contribution in [0.5, 0.6) is 0 Å². The van der Waals surface area contributed by atoms with Crippen molar-refractivity contribution in [2.45, 2.75) is 12.3 Å². The highest BCUT2D eigenvalue weighted by Gasteiger charge is 2.34. The van der Waals surface area contributed by atoms with Crippen LogP contribution in [0.15, 0.2) is 22.7 Å². The highest BCUT2D eigenvalue weighted by Crippen LogP contribution is 2.34. The maximum Gasteiger partial charge on any atom is 0.311 e. The first-order valence-corrected chi connectivity index (χ1v) is 4.94. The van der Waals surface area contributed by atoms with Crippen molar-refractivity contribution >= 4 is 27.7 Å². The minimum atomic E-state index is -0.935. The Labute approximate surface area is 88.9 Å². The lowest BCUT2D eigenvalue weighted by molar-refractivity contribution is -0.138. The molecule has 0 saturated heterocycles. The van der Waals surface area contributed by atoms with Gasteiger partial charge in [-0.05, 0) is 23.8 Å². The van der Waals surface area contributed by atoms with E-state index in [1.807, 2.05) is 0 Å². The number of carbonyl (C=O) groups excluding carboxylic acids is 1. The fourth-order valence-corrected chi connectivity index (χ4v) is 2.08. The lowest BCUT2D eigenvalue weighted by atomic mass is 10.0. The lowest BCUT2D eigenvalue weighted by Crippen LogP contribution is -2.08. The molecule has 3 nitrogen and oxygen atoms in total. The van der Waals surface area contributed by atoms with Crippen LogP contribution in [-0.4, -0.2) is 16.9 Å². The first kappa shape index (κ1) is 9.40. The Bertz CT molecular complexity index is 425. The summed E-state index contributed by atoms with van der Waals surface area (Å²) in [5.41, 5.74) is 1.16. The lowest BCUT2D eigenvalue weighted by Gasteiger charge is -2.04. The minimum Gasteiger partial charge on any atom is -0.481 e. The Hall–Kier alpha value is -1.16. The van der Waals surface area contributed by atoms with Gasteiger partial charge in [-0.15, -0.1) is 0 Å². The highest BCUT2D eigenvalue weighted by atomic mass is 79.9. The molecule has 0 aliphatic heterocycles. The smallest absolute Gasteiger partial charge is 0.311 e. The topological polar surface area (TPSA) is 54.4 Å². The van der Waals surface area contributed by atoms with Crippen LogP contribution in [0.4, 0.5) is 0 Å². The SMILES string of the molecule is O=C1C[C@@H](C(=O)O)c2cc(Br)ccc21. The molecule has 0 radical (unpaired) electrons. The van der Waals surface area contributed by atoms with E-state index in [0.29, 0.717) is 11.1 Å². The molecule has 1 aromatic carbocycles. The fraction of sp³-hybridized carbons (Fsp3) is 0.200. The second kappa shape index (κ2) is 3.20. The Morgan fingerprint density at radius 1 is 1.50 bits per heavy atom. The molecule has 2 rings (SSSR count). The third-order valence-corrected chi connectivity index (χ3v) is 2.87.